The lowest BCUT2D eigenvalue weighted by atomic mass is 10.1. The first-order valence-electron chi connectivity index (χ1n) is 9.79. The molecule has 0 amide bonds. The Morgan fingerprint density at radius 3 is 2.71 bits per heavy atom. The van der Waals surface area contributed by atoms with Gasteiger partial charge in [-0.1, -0.05) is 30.7 Å². The van der Waals surface area contributed by atoms with E-state index in [0.717, 1.165) is 30.8 Å². The highest BCUT2D eigenvalue weighted by atomic mass is 35.5. The minimum Gasteiger partial charge on any atom is -0.493 e. The molecule has 1 N–H and O–H groups in total. The van der Waals surface area contributed by atoms with E-state index in [1.54, 1.807) is 19.2 Å². The lowest BCUT2D eigenvalue weighted by Crippen LogP contribution is -2.37. The summed E-state index contributed by atoms with van der Waals surface area (Å²) in [5.41, 5.74) is 1.92. The molecule has 1 heterocycles. The Balaban J connectivity index is 1.59. The monoisotopic (exact) mass is 406 g/mol. The molecule has 6 heteroatoms. The van der Waals surface area contributed by atoms with Crippen molar-refractivity contribution in [2.45, 2.75) is 39.0 Å². The third-order valence-corrected chi connectivity index (χ3v) is 5.48. The standard InChI is InChI=1S/C22H28ClFN2O2/c1-3-26-10-4-5-19(26)14-25-13-17-11-20(23)22(21(12-17)27-2)28-15-16-6-8-18(24)9-7-16/h6-9,11-12,19,25H,3-5,10,13-15H2,1-2H3/t19-/m1/s1. The van der Waals surface area contributed by atoms with Crippen molar-refractivity contribution in [3.05, 3.63) is 58.4 Å². The molecule has 0 radical (unpaired) electrons. The van der Waals surface area contributed by atoms with E-state index in [9.17, 15) is 4.39 Å². The lowest BCUT2D eigenvalue weighted by Gasteiger charge is -2.23. The third kappa shape index (κ3) is 5.37. The second-order valence-corrected chi connectivity index (χ2v) is 7.49. The van der Waals surface area contributed by atoms with Gasteiger partial charge in [0.15, 0.2) is 11.5 Å². The normalized spacial score (nSPS) is 17.1. The largest absolute Gasteiger partial charge is 0.493 e. The number of likely N-dealkylation sites (N-methyl/N-ethyl adjacent to an activating group) is 1. The first-order valence-corrected chi connectivity index (χ1v) is 10.2. The molecule has 0 aliphatic carbocycles. The summed E-state index contributed by atoms with van der Waals surface area (Å²) >= 11 is 6.46. The molecule has 152 valence electrons. The Morgan fingerprint density at radius 2 is 2.00 bits per heavy atom. The summed E-state index contributed by atoms with van der Waals surface area (Å²) in [6, 6.07) is 10.7. The maximum atomic E-state index is 13.0. The molecule has 1 aliphatic rings. The zero-order chi connectivity index (χ0) is 19.9. The van der Waals surface area contributed by atoms with Crippen molar-refractivity contribution < 1.29 is 13.9 Å². The number of nitrogens with zero attached hydrogens (tertiary/aromatic N) is 1. The van der Waals surface area contributed by atoms with Crippen LogP contribution in [0.2, 0.25) is 5.02 Å². The summed E-state index contributed by atoms with van der Waals surface area (Å²) in [6.45, 7) is 6.50. The van der Waals surface area contributed by atoms with Crippen LogP contribution in [0.25, 0.3) is 0 Å². The zero-order valence-corrected chi connectivity index (χ0v) is 17.3. The number of rotatable bonds is 9. The Bertz CT molecular complexity index is 770. The minimum atomic E-state index is -0.268. The van der Waals surface area contributed by atoms with Crippen molar-refractivity contribution in [2.75, 3.05) is 26.7 Å². The van der Waals surface area contributed by atoms with Crippen LogP contribution in [-0.4, -0.2) is 37.7 Å². The van der Waals surface area contributed by atoms with Gasteiger partial charge in [0.1, 0.15) is 12.4 Å². The number of hydrogen-bond donors (Lipinski definition) is 1. The van der Waals surface area contributed by atoms with Gasteiger partial charge in [-0.2, -0.15) is 0 Å². The smallest absolute Gasteiger partial charge is 0.180 e. The molecule has 0 spiro atoms. The Labute approximate surface area is 171 Å². The van der Waals surface area contributed by atoms with E-state index in [2.05, 4.69) is 17.1 Å². The molecule has 28 heavy (non-hydrogen) atoms. The van der Waals surface area contributed by atoms with Crippen molar-refractivity contribution in [2.24, 2.45) is 0 Å². The van der Waals surface area contributed by atoms with E-state index >= 15 is 0 Å². The van der Waals surface area contributed by atoms with Gasteiger partial charge in [-0.25, -0.2) is 4.39 Å². The average Bonchev–Trinajstić information content (AvgIpc) is 3.15. The molecule has 0 saturated carbocycles. The fraction of sp³-hybridized carbons (Fsp3) is 0.455. The number of likely N-dealkylation sites (tertiary alicyclic amines) is 1. The summed E-state index contributed by atoms with van der Waals surface area (Å²) in [4.78, 5) is 2.52. The molecule has 1 fully saturated rings. The Morgan fingerprint density at radius 1 is 1.21 bits per heavy atom. The third-order valence-electron chi connectivity index (χ3n) is 5.20. The second-order valence-electron chi connectivity index (χ2n) is 7.08. The van der Waals surface area contributed by atoms with Gasteiger partial charge < -0.3 is 14.8 Å². The van der Waals surface area contributed by atoms with Crippen LogP contribution in [0.5, 0.6) is 11.5 Å². The van der Waals surface area contributed by atoms with Crippen molar-refractivity contribution in [3.63, 3.8) is 0 Å². The molecule has 1 saturated heterocycles. The molecule has 0 bridgehead atoms. The van der Waals surface area contributed by atoms with Gasteiger partial charge in [-0.3, -0.25) is 4.90 Å². The summed E-state index contributed by atoms with van der Waals surface area (Å²) in [6.07, 6.45) is 2.53. The van der Waals surface area contributed by atoms with Crippen LogP contribution in [0.4, 0.5) is 4.39 Å². The number of hydrogen-bond acceptors (Lipinski definition) is 4. The maximum absolute atomic E-state index is 13.0. The molecule has 0 unspecified atom stereocenters. The van der Waals surface area contributed by atoms with Gasteiger partial charge in [0, 0.05) is 19.1 Å². The fourth-order valence-electron chi connectivity index (χ4n) is 3.68. The quantitative estimate of drug-likeness (QED) is 0.657. The van der Waals surface area contributed by atoms with Crippen molar-refractivity contribution in [1.82, 2.24) is 10.2 Å². The van der Waals surface area contributed by atoms with Crippen LogP contribution >= 0.6 is 11.6 Å². The van der Waals surface area contributed by atoms with Gasteiger partial charge in [-0.15, -0.1) is 0 Å². The lowest BCUT2D eigenvalue weighted by molar-refractivity contribution is 0.260. The van der Waals surface area contributed by atoms with Gasteiger partial charge in [0.05, 0.1) is 12.1 Å². The van der Waals surface area contributed by atoms with Gasteiger partial charge in [-0.05, 0) is 61.3 Å². The molecule has 1 aliphatic heterocycles. The van der Waals surface area contributed by atoms with Gasteiger partial charge in [0.25, 0.3) is 0 Å². The van der Waals surface area contributed by atoms with Crippen LogP contribution in [-0.2, 0) is 13.2 Å². The SMILES string of the molecule is CCN1CCC[C@@H]1CNCc1cc(Cl)c(OCc2ccc(F)cc2)c(OC)c1. The number of nitrogens with one attached hydrogen (secondary N) is 1. The van der Waals surface area contributed by atoms with E-state index in [1.165, 1.54) is 31.5 Å². The van der Waals surface area contributed by atoms with E-state index in [4.69, 9.17) is 21.1 Å². The highest BCUT2D eigenvalue weighted by Crippen LogP contribution is 2.37. The molecular weight excluding hydrogens is 379 g/mol. The Kier molecular flexibility index (Phi) is 7.54. The highest BCUT2D eigenvalue weighted by Gasteiger charge is 2.22. The molecule has 2 aromatic rings. The number of ether oxygens (including phenoxy) is 2. The molecule has 0 aromatic heterocycles. The van der Waals surface area contributed by atoms with Crippen LogP contribution in [0.1, 0.15) is 30.9 Å². The molecule has 4 nitrogen and oxygen atoms in total. The van der Waals surface area contributed by atoms with Crippen LogP contribution in [0.3, 0.4) is 0 Å². The number of halogens is 2. The second kappa shape index (κ2) is 10.1. The molecule has 3 rings (SSSR count). The maximum Gasteiger partial charge on any atom is 0.180 e. The summed E-state index contributed by atoms with van der Waals surface area (Å²) < 4.78 is 24.4. The molecular formula is C22H28ClFN2O2. The topological polar surface area (TPSA) is 33.7 Å². The summed E-state index contributed by atoms with van der Waals surface area (Å²) in [7, 11) is 1.60. The van der Waals surface area contributed by atoms with Crippen molar-refractivity contribution >= 4 is 11.6 Å². The highest BCUT2D eigenvalue weighted by molar-refractivity contribution is 6.32. The average molecular weight is 407 g/mol. The molecule has 1 atom stereocenters. The van der Waals surface area contributed by atoms with E-state index in [0.29, 0.717) is 29.2 Å². The summed E-state index contributed by atoms with van der Waals surface area (Å²) in [5, 5.41) is 4.05. The van der Waals surface area contributed by atoms with E-state index < -0.39 is 0 Å². The van der Waals surface area contributed by atoms with E-state index in [-0.39, 0.29) is 5.82 Å². The van der Waals surface area contributed by atoms with Gasteiger partial charge in [0.2, 0.25) is 0 Å². The predicted octanol–water partition coefficient (Wildman–Crippen LogP) is 4.64. The zero-order valence-electron chi connectivity index (χ0n) is 16.5. The van der Waals surface area contributed by atoms with E-state index in [1.807, 2.05) is 12.1 Å². The van der Waals surface area contributed by atoms with Crippen LogP contribution in [0.15, 0.2) is 36.4 Å². The Hall–Kier alpha value is -1.82. The molecule has 2 aromatic carbocycles. The minimum absolute atomic E-state index is 0.268. The number of benzene rings is 2. The van der Waals surface area contributed by atoms with Crippen molar-refractivity contribution in [3.8, 4) is 11.5 Å². The first-order chi connectivity index (χ1) is 13.6. The van der Waals surface area contributed by atoms with Gasteiger partial charge >= 0.3 is 0 Å². The number of methoxy groups -OCH3 is 1. The summed E-state index contributed by atoms with van der Waals surface area (Å²) in [5.74, 6) is 0.837. The van der Waals surface area contributed by atoms with Crippen molar-refractivity contribution in [1.29, 1.82) is 0 Å². The predicted molar refractivity (Wildman–Crippen MR) is 111 cm³/mol. The first kappa shape index (κ1) is 20.9. The van der Waals surface area contributed by atoms with Crippen LogP contribution in [0, 0.1) is 5.82 Å². The van der Waals surface area contributed by atoms with Crippen LogP contribution < -0.4 is 14.8 Å². The fourth-order valence-corrected chi connectivity index (χ4v) is 3.97.